The summed E-state index contributed by atoms with van der Waals surface area (Å²) in [6.07, 6.45) is 0. The van der Waals surface area contributed by atoms with Crippen molar-refractivity contribution < 1.29 is 8.42 Å². The lowest BCUT2D eigenvalue weighted by atomic mass is 10.3. The minimum atomic E-state index is -3.44. The lowest BCUT2D eigenvalue weighted by Crippen LogP contribution is -2.07. The number of hydrogen-bond acceptors (Lipinski definition) is 4. The van der Waals surface area contributed by atoms with Crippen LogP contribution in [0.15, 0.2) is 39.7 Å². The van der Waals surface area contributed by atoms with E-state index in [1.807, 2.05) is 0 Å². The number of nitrogens with two attached hydrogens (primary N) is 1. The van der Waals surface area contributed by atoms with E-state index in [0.29, 0.717) is 9.21 Å². The number of anilines is 1. The predicted molar refractivity (Wildman–Crippen MR) is 78.8 cm³/mol. The zero-order valence-corrected chi connectivity index (χ0v) is 13.0. The van der Waals surface area contributed by atoms with Crippen molar-refractivity contribution in [1.82, 2.24) is 0 Å². The molecule has 0 spiro atoms. The maximum absolute atomic E-state index is 12.2. The third kappa shape index (κ3) is 3.06. The summed E-state index contributed by atoms with van der Waals surface area (Å²) in [5.41, 5.74) is 5.98. The Morgan fingerprint density at radius 1 is 1.28 bits per heavy atom. The summed E-state index contributed by atoms with van der Waals surface area (Å²) in [7, 11) is -3.44. The van der Waals surface area contributed by atoms with E-state index in [1.54, 1.807) is 24.3 Å². The molecule has 0 fully saturated rings. The number of thiophene rings is 1. The van der Waals surface area contributed by atoms with Gasteiger partial charge < -0.3 is 5.73 Å². The molecule has 0 atom stereocenters. The molecular weight excluding hydrogens is 358 g/mol. The average molecular weight is 367 g/mol. The Bertz CT molecular complexity index is 682. The molecule has 0 saturated heterocycles. The first-order chi connectivity index (χ1) is 8.38. The van der Waals surface area contributed by atoms with Crippen molar-refractivity contribution >= 4 is 54.4 Å². The van der Waals surface area contributed by atoms with E-state index in [2.05, 4.69) is 15.9 Å². The molecule has 0 amide bonds. The molecule has 2 rings (SSSR count). The van der Waals surface area contributed by atoms with E-state index in [1.165, 1.54) is 17.4 Å². The van der Waals surface area contributed by atoms with Gasteiger partial charge in [0.05, 0.1) is 20.7 Å². The quantitative estimate of drug-likeness (QED) is 0.842. The van der Waals surface area contributed by atoms with Gasteiger partial charge in [-0.3, -0.25) is 0 Å². The van der Waals surface area contributed by atoms with Crippen LogP contribution in [0, 0.1) is 0 Å². The highest BCUT2D eigenvalue weighted by atomic mass is 79.9. The van der Waals surface area contributed by atoms with Gasteiger partial charge in [-0.1, -0.05) is 27.5 Å². The second-order valence-corrected chi connectivity index (χ2v) is 8.32. The second kappa shape index (κ2) is 5.21. The van der Waals surface area contributed by atoms with Gasteiger partial charge in [0.25, 0.3) is 0 Å². The van der Waals surface area contributed by atoms with Crippen LogP contribution in [0.3, 0.4) is 0 Å². The van der Waals surface area contributed by atoms with Gasteiger partial charge in [0.15, 0.2) is 9.84 Å². The second-order valence-electron chi connectivity index (χ2n) is 3.65. The third-order valence-corrected chi connectivity index (χ3v) is 5.91. The Balaban J connectivity index is 2.36. The Hall–Kier alpha value is -0.560. The summed E-state index contributed by atoms with van der Waals surface area (Å²) in [5, 5.41) is 0. The highest BCUT2D eigenvalue weighted by Gasteiger charge is 2.19. The number of benzene rings is 1. The van der Waals surface area contributed by atoms with Crippen LogP contribution in [0.25, 0.3) is 0 Å². The number of rotatable bonds is 3. The Morgan fingerprint density at radius 2 is 2.00 bits per heavy atom. The third-order valence-electron chi connectivity index (χ3n) is 2.27. The van der Waals surface area contributed by atoms with Crippen molar-refractivity contribution in [2.24, 2.45) is 0 Å². The normalized spacial score (nSPS) is 11.7. The van der Waals surface area contributed by atoms with Gasteiger partial charge in [-0.25, -0.2) is 8.42 Å². The summed E-state index contributed by atoms with van der Waals surface area (Å²) in [4.78, 5) is 0.845. The monoisotopic (exact) mass is 365 g/mol. The van der Waals surface area contributed by atoms with Gasteiger partial charge in [-0.15, -0.1) is 11.3 Å². The number of nitrogen functional groups attached to an aromatic ring is 1. The topological polar surface area (TPSA) is 60.2 Å². The molecule has 18 heavy (non-hydrogen) atoms. The molecule has 2 N–H and O–H groups in total. The predicted octanol–water partition coefficient (Wildman–Crippen LogP) is 3.72. The Kier molecular flexibility index (Phi) is 4.01. The first kappa shape index (κ1) is 13.9. The molecule has 1 heterocycles. The lowest BCUT2D eigenvalue weighted by Gasteiger charge is -2.06. The average Bonchev–Trinajstić information content (AvgIpc) is 2.62. The minimum Gasteiger partial charge on any atom is -0.398 e. The highest BCUT2D eigenvalue weighted by Crippen LogP contribution is 2.29. The van der Waals surface area contributed by atoms with Gasteiger partial charge in [0, 0.05) is 9.35 Å². The molecule has 1 aromatic heterocycles. The number of sulfone groups is 1. The molecule has 0 saturated carbocycles. The number of hydrogen-bond donors (Lipinski definition) is 1. The van der Waals surface area contributed by atoms with Crippen LogP contribution in [0.4, 0.5) is 5.69 Å². The van der Waals surface area contributed by atoms with E-state index in [4.69, 9.17) is 17.3 Å². The lowest BCUT2D eigenvalue weighted by molar-refractivity contribution is 0.596. The molecule has 7 heteroatoms. The van der Waals surface area contributed by atoms with Crippen LogP contribution in [0.5, 0.6) is 0 Å². The fourth-order valence-corrected chi connectivity index (χ4v) is 4.78. The van der Waals surface area contributed by atoms with Crippen molar-refractivity contribution in [2.45, 2.75) is 10.6 Å². The van der Waals surface area contributed by atoms with Crippen molar-refractivity contribution in [1.29, 1.82) is 0 Å². The molecular formula is C11H9BrClNO2S2. The largest absolute Gasteiger partial charge is 0.398 e. The molecule has 96 valence electrons. The van der Waals surface area contributed by atoms with Crippen LogP contribution < -0.4 is 5.73 Å². The fraction of sp³-hybridized carbons (Fsp3) is 0.0909. The van der Waals surface area contributed by atoms with Gasteiger partial charge in [-0.2, -0.15) is 0 Å². The SMILES string of the molecule is Nc1cc(Br)ccc1S(=O)(=O)Cc1ccc(Cl)s1. The van der Waals surface area contributed by atoms with Gasteiger partial charge >= 0.3 is 0 Å². The van der Waals surface area contributed by atoms with Crippen LogP contribution in [0.1, 0.15) is 4.88 Å². The van der Waals surface area contributed by atoms with Crippen LogP contribution in [-0.2, 0) is 15.6 Å². The molecule has 1 aromatic carbocycles. The van der Waals surface area contributed by atoms with E-state index >= 15 is 0 Å². The number of halogens is 2. The van der Waals surface area contributed by atoms with Crippen LogP contribution in [-0.4, -0.2) is 8.42 Å². The van der Waals surface area contributed by atoms with E-state index < -0.39 is 9.84 Å². The summed E-state index contributed by atoms with van der Waals surface area (Å²) >= 11 is 10.3. The molecule has 2 aromatic rings. The van der Waals surface area contributed by atoms with Crippen molar-refractivity contribution in [2.75, 3.05) is 5.73 Å². The van der Waals surface area contributed by atoms with Gasteiger partial charge in [0.2, 0.25) is 0 Å². The summed E-state index contributed by atoms with van der Waals surface area (Å²) in [6, 6.07) is 8.13. The molecule has 0 aliphatic heterocycles. The Labute approximate surface area is 123 Å². The molecule has 0 unspecified atom stereocenters. The minimum absolute atomic E-state index is 0.0871. The van der Waals surface area contributed by atoms with E-state index in [0.717, 1.165) is 4.47 Å². The zero-order chi connectivity index (χ0) is 13.3. The summed E-state index contributed by atoms with van der Waals surface area (Å²) in [5.74, 6) is -0.0871. The maximum atomic E-state index is 12.2. The smallest absolute Gasteiger partial charge is 0.185 e. The van der Waals surface area contributed by atoms with Crippen molar-refractivity contribution in [3.05, 3.63) is 44.0 Å². The van der Waals surface area contributed by atoms with Gasteiger partial charge in [0.1, 0.15) is 0 Å². The highest BCUT2D eigenvalue weighted by molar-refractivity contribution is 9.10. The maximum Gasteiger partial charge on any atom is 0.185 e. The van der Waals surface area contributed by atoms with Crippen LogP contribution in [0.2, 0.25) is 4.34 Å². The van der Waals surface area contributed by atoms with E-state index in [9.17, 15) is 8.42 Å². The first-order valence-electron chi connectivity index (χ1n) is 4.90. The fourth-order valence-electron chi connectivity index (χ4n) is 1.50. The molecule has 0 radical (unpaired) electrons. The van der Waals surface area contributed by atoms with Crippen LogP contribution >= 0.6 is 38.9 Å². The standard InChI is InChI=1S/C11H9BrClNO2S2/c12-7-1-3-10(9(14)5-7)18(15,16)6-8-2-4-11(13)17-8/h1-5H,6,14H2. The summed E-state index contributed by atoms with van der Waals surface area (Å²) < 4.78 is 25.7. The molecule has 0 aliphatic carbocycles. The first-order valence-corrected chi connectivity index (χ1v) is 8.54. The summed E-state index contributed by atoms with van der Waals surface area (Å²) in [6.45, 7) is 0. The molecule has 0 aliphatic rings. The molecule has 3 nitrogen and oxygen atoms in total. The van der Waals surface area contributed by atoms with Gasteiger partial charge in [-0.05, 0) is 30.3 Å². The van der Waals surface area contributed by atoms with E-state index in [-0.39, 0.29) is 16.3 Å². The zero-order valence-electron chi connectivity index (χ0n) is 9.06. The van der Waals surface area contributed by atoms with Crippen molar-refractivity contribution in [3.63, 3.8) is 0 Å². The Morgan fingerprint density at radius 3 is 2.56 bits per heavy atom. The van der Waals surface area contributed by atoms with Crippen molar-refractivity contribution in [3.8, 4) is 0 Å². The molecule has 0 bridgehead atoms.